The van der Waals surface area contributed by atoms with Crippen LogP contribution in [-0.2, 0) is 6.54 Å². The third kappa shape index (κ3) is 2.75. The smallest absolute Gasteiger partial charge is 0.291 e. The van der Waals surface area contributed by atoms with Gasteiger partial charge >= 0.3 is 0 Å². The lowest BCUT2D eigenvalue weighted by atomic mass is 10.1. The summed E-state index contributed by atoms with van der Waals surface area (Å²) in [6, 6.07) is 16.2. The summed E-state index contributed by atoms with van der Waals surface area (Å²) in [6.07, 6.45) is 1.65. The molecule has 6 heteroatoms. The Morgan fingerprint density at radius 1 is 1.19 bits per heavy atom. The molecule has 130 valence electrons. The summed E-state index contributed by atoms with van der Waals surface area (Å²) in [4.78, 5) is 12.0. The molecule has 0 bridgehead atoms. The molecule has 0 aliphatic rings. The van der Waals surface area contributed by atoms with Gasteiger partial charge in [0.25, 0.3) is 5.91 Å². The normalized spacial score (nSPS) is 11.6. The van der Waals surface area contributed by atoms with Gasteiger partial charge in [-0.2, -0.15) is 10.2 Å². The molecule has 6 nitrogen and oxygen atoms in total. The number of hydrogen-bond acceptors (Lipinski definition) is 3. The van der Waals surface area contributed by atoms with Crippen LogP contribution in [-0.4, -0.2) is 26.9 Å². The number of amides is 1. The highest BCUT2D eigenvalue weighted by Gasteiger charge is 2.10. The molecule has 0 radical (unpaired) electrons. The fraction of sp³-hybridized carbons (Fsp3) is 0.150. The molecule has 0 aliphatic heterocycles. The summed E-state index contributed by atoms with van der Waals surface area (Å²) in [5, 5.41) is 13.1. The van der Waals surface area contributed by atoms with Gasteiger partial charge in [0, 0.05) is 34.0 Å². The molecule has 0 saturated heterocycles. The highest BCUT2D eigenvalue weighted by atomic mass is 16.2. The topological polar surface area (TPSA) is 75.1 Å². The molecular weight excluding hydrogens is 326 g/mol. The first kappa shape index (κ1) is 16.1. The van der Waals surface area contributed by atoms with Crippen molar-refractivity contribution >= 4 is 33.9 Å². The number of aromatic amines is 1. The van der Waals surface area contributed by atoms with E-state index in [1.54, 1.807) is 12.3 Å². The van der Waals surface area contributed by atoms with Crippen molar-refractivity contribution in [2.75, 3.05) is 0 Å². The maximum absolute atomic E-state index is 12.0. The Labute approximate surface area is 150 Å². The SMILES string of the molecule is CCn1c2ccccc2c2cc(/C=N\NC(=O)c3cc(C)[nH]n3)ccc21. The second kappa shape index (κ2) is 6.48. The standard InChI is InChI=1S/C20H19N5O/c1-3-25-18-7-5-4-6-15(18)16-11-14(8-9-19(16)25)12-21-24-20(26)17-10-13(2)22-23-17/h4-12H,3H2,1-2H3,(H,22,23)(H,24,26)/b21-12-. The van der Waals surface area contributed by atoms with Crippen LogP contribution in [0, 0.1) is 6.92 Å². The van der Waals surface area contributed by atoms with Crippen molar-refractivity contribution in [3.8, 4) is 0 Å². The van der Waals surface area contributed by atoms with Gasteiger partial charge in [-0.3, -0.25) is 9.89 Å². The van der Waals surface area contributed by atoms with E-state index in [9.17, 15) is 4.79 Å². The second-order valence-electron chi connectivity index (χ2n) is 6.17. The van der Waals surface area contributed by atoms with Crippen molar-refractivity contribution < 1.29 is 4.79 Å². The first-order valence-corrected chi connectivity index (χ1v) is 8.54. The number of nitrogens with one attached hydrogen (secondary N) is 2. The number of fused-ring (bicyclic) bond motifs is 3. The van der Waals surface area contributed by atoms with Gasteiger partial charge in [-0.1, -0.05) is 24.3 Å². The summed E-state index contributed by atoms with van der Waals surface area (Å²) in [6.45, 7) is 4.90. The second-order valence-corrected chi connectivity index (χ2v) is 6.17. The van der Waals surface area contributed by atoms with Crippen LogP contribution in [0.25, 0.3) is 21.8 Å². The average molecular weight is 345 g/mol. The van der Waals surface area contributed by atoms with E-state index in [2.05, 4.69) is 68.6 Å². The fourth-order valence-electron chi connectivity index (χ4n) is 3.25. The first-order chi connectivity index (χ1) is 12.7. The third-order valence-corrected chi connectivity index (χ3v) is 4.43. The molecule has 2 N–H and O–H groups in total. The Morgan fingerprint density at radius 2 is 2.00 bits per heavy atom. The van der Waals surface area contributed by atoms with E-state index >= 15 is 0 Å². The predicted octanol–water partition coefficient (Wildman–Crippen LogP) is 3.61. The molecule has 2 aromatic carbocycles. The summed E-state index contributed by atoms with van der Waals surface area (Å²) in [5.41, 5.74) is 7.00. The Morgan fingerprint density at radius 3 is 2.77 bits per heavy atom. The molecule has 2 aromatic heterocycles. The monoisotopic (exact) mass is 345 g/mol. The third-order valence-electron chi connectivity index (χ3n) is 4.43. The zero-order chi connectivity index (χ0) is 18.1. The lowest BCUT2D eigenvalue weighted by Gasteiger charge is -2.02. The van der Waals surface area contributed by atoms with Crippen molar-refractivity contribution in [1.82, 2.24) is 20.2 Å². The number of nitrogens with zero attached hydrogens (tertiary/aromatic N) is 3. The van der Waals surface area contributed by atoms with E-state index in [0.29, 0.717) is 5.69 Å². The minimum absolute atomic E-state index is 0.320. The van der Waals surface area contributed by atoms with Crippen LogP contribution in [0.2, 0.25) is 0 Å². The predicted molar refractivity (Wildman–Crippen MR) is 104 cm³/mol. The van der Waals surface area contributed by atoms with Gasteiger partial charge in [0.2, 0.25) is 0 Å². The number of para-hydroxylation sites is 1. The highest BCUT2D eigenvalue weighted by Crippen LogP contribution is 2.29. The van der Waals surface area contributed by atoms with Crippen molar-refractivity contribution in [2.45, 2.75) is 20.4 Å². The number of carbonyl (C=O) groups excluding carboxylic acids is 1. The minimum atomic E-state index is -0.339. The van der Waals surface area contributed by atoms with Crippen LogP contribution in [0.15, 0.2) is 53.6 Å². The highest BCUT2D eigenvalue weighted by molar-refractivity contribution is 6.09. The molecule has 0 atom stereocenters. The Kier molecular flexibility index (Phi) is 4.01. The van der Waals surface area contributed by atoms with E-state index in [1.807, 2.05) is 13.0 Å². The number of H-pyrrole nitrogens is 1. The van der Waals surface area contributed by atoms with Crippen molar-refractivity contribution in [3.05, 3.63) is 65.5 Å². The summed E-state index contributed by atoms with van der Waals surface area (Å²) >= 11 is 0. The lowest BCUT2D eigenvalue weighted by Crippen LogP contribution is -2.18. The maximum Gasteiger partial charge on any atom is 0.291 e. The first-order valence-electron chi connectivity index (χ1n) is 8.54. The van der Waals surface area contributed by atoms with E-state index in [-0.39, 0.29) is 5.91 Å². The Balaban J connectivity index is 1.63. The van der Waals surface area contributed by atoms with Crippen molar-refractivity contribution in [3.63, 3.8) is 0 Å². The number of hydrogen-bond donors (Lipinski definition) is 2. The zero-order valence-corrected chi connectivity index (χ0v) is 14.7. The van der Waals surface area contributed by atoms with Crippen molar-refractivity contribution in [2.24, 2.45) is 5.10 Å². The molecular formula is C20H19N5O. The molecule has 0 saturated carbocycles. The van der Waals surface area contributed by atoms with E-state index in [4.69, 9.17) is 0 Å². The quantitative estimate of drug-likeness (QED) is 0.438. The summed E-state index contributed by atoms with van der Waals surface area (Å²) in [7, 11) is 0. The van der Waals surface area contributed by atoms with E-state index in [1.165, 1.54) is 21.8 Å². The number of aromatic nitrogens is 3. The number of benzene rings is 2. The van der Waals surface area contributed by atoms with E-state index in [0.717, 1.165) is 17.8 Å². The molecule has 26 heavy (non-hydrogen) atoms. The number of hydrazone groups is 1. The van der Waals surface area contributed by atoms with Gasteiger partial charge in [-0.05, 0) is 43.7 Å². The van der Waals surface area contributed by atoms with Crippen LogP contribution < -0.4 is 5.43 Å². The van der Waals surface area contributed by atoms with Gasteiger partial charge < -0.3 is 4.57 Å². The maximum atomic E-state index is 12.0. The molecule has 0 aliphatic carbocycles. The van der Waals surface area contributed by atoms with Gasteiger partial charge in [-0.25, -0.2) is 5.43 Å². The lowest BCUT2D eigenvalue weighted by molar-refractivity contribution is 0.0950. The van der Waals surface area contributed by atoms with Gasteiger partial charge in [0.05, 0.1) is 6.21 Å². The largest absolute Gasteiger partial charge is 0.341 e. The van der Waals surface area contributed by atoms with Crippen LogP contribution in [0.4, 0.5) is 0 Å². The molecule has 0 spiro atoms. The molecule has 2 heterocycles. The van der Waals surface area contributed by atoms with Crippen LogP contribution in [0.3, 0.4) is 0 Å². The summed E-state index contributed by atoms with van der Waals surface area (Å²) < 4.78 is 2.30. The van der Waals surface area contributed by atoms with Crippen LogP contribution >= 0.6 is 0 Å². The molecule has 0 fully saturated rings. The van der Waals surface area contributed by atoms with Gasteiger partial charge in [0.1, 0.15) is 0 Å². The number of rotatable bonds is 4. The van der Waals surface area contributed by atoms with Crippen LogP contribution in [0.1, 0.15) is 28.7 Å². The Hall–Kier alpha value is -3.41. The Bertz CT molecular complexity index is 1140. The van der Waals surface area contributed by atoms with Crippen molar-refractivity contribution in [1.29, 1.82) is 0 Å². The van der Waals surface area contributed by atoms with Gasteiger partial charge in [-0.15, -0.1) is 0 Å². The average Bonchev–Trinajstić information content (AvgIpc) is 3.23. The molecule has 1 amide bonds. The molecule has 4 rings (SSSR count). The van der Waals surface area contributed by atoms with Crippen LogP contribution in [0.5, 0.6) is 0 Å². The van der Waals surface area contributed by atoms with E-state index < -0.39 is 0 Å². The molecule has 0 unspecified atom stereocenters. The summed E-state index contributed by atoms with van der Waals surface area (Å²) in [5.74, 6) is -0.339. The zero-order valence-electron chi connectivity index (χ0n) is 14.7. The number of aryl methyl sites for hydroxylation is 2. The number of carbonyl (C=O) groups is 1. The fourth-order valence-corrected chi connectivity index (χ4v) is 3.25. The van der Waals surface area contributed by atoms with Gasteiger partial charge in [0.15, 0.2) is 5.69 Å². The minimum Gasteiger partial charge on any atom is -0.341 e. The molecule has 4 aromatic rings.